The number of hydrogen-bond donors (Lipinski definition) is 2. The summed E-state index contributed by atoms with van der Waals surface area (Å²) in [7, 11) is 0. The van der Waals surface area contributed by atoms with Crippen molar-refractivity contribution >= 4 is 6.09 Å². The van der Waals surface area contributed by atoms with E-state index in [0.717, 1.165) is 25.1 Å². The van der Waals surface area contributed by atoms with Crippen LogP contribution in [0.3, 0.4) is 0 Å². The molecule has 1 aliphatic heterocycles. The van der Waals surface area contributed by atoms with Crippen molar-refractivity contribution in [2.45, 2.75) is 44.4 Å². The molecule has 3 aromatic carbocycles. The summed E-state index contributed by atoms with van der Waals surface area (Å²) in [5.74, 6) is 0.336. The fraction of sp³-hybridized carbons (Fsp3) is 0.345. The fourth-order valence-corrected chi connectivity index (χ4v) is 4.81. The highest BCUT2D eigenvalue weighted by Crippen LogP contribution is 2.29. The van der Waals surface area contributed by atoms with Crippen LogP contribution in [-0.4, -0.2) is 47.9 Å². The molecule has 0 radical (unpaired) electrons. The molecule has 1 aliphatic rings. The largest absolute Gasteiger partial charge is 0.450 e. The topological polar surface area (TPSA) is 61.8 Å². The molecule has 34 heavy (non-hydrogen) atoms. The minimum absolute atomic E-state index is 0.293. The van der Waals surface area contributed by atoms with Gasteiger partial charge in [0.15, 0.2) is 0 Å². The molecule has 5 nitrogen and oxygen atoms in total. The van der Waals surface area contributed by atoms with Crippen LogP contribution in [0.2, 0.25) is 0 Å². The molecule has 1 amide bonds. The Kier molecular flexibility index (Phi) is 8.34. The van der Waals surface area contributed by atoms with Crippen LogP contribution in [0.25, 0.3) is 0 Å². The lowest BCUT2D eigenvalue weighted by molar-refractivity contribution is 0.0691. The van der Waals surface area contributed by atoms with Gasteiger partial charge in [-0.3, -0.25) is 4.90 Å². The van der Waals surface area contributed by atoms with Gasteiger partial charge >= 0.3 is 6.09 Å². The highest BCUT2D eigenvalue weighted by Gasteiger charge is 2.28. The summed E-state index contributed by atoms with van der Waals surface area (Å²) in [6.45, 7) is 4.14. The molecular formula is C29H34N2O3. The number of alkyl carbamates (subject to hydrolysis) is 1. The van der Waals surface area contributed by atoms with Crippen molar-refractivity contribution in [3.8, 4) is 0 Å². The average molecular weight is 459 g/mol. The second-order valence-corrected chi connectivity index (χ2v) is 9.00. The average Bonchev–Trinajstić information content (AvgIpc) is 3.04. The summed E-state index contributed by atoms with van der Waals surface area (Å²) >= 11 is 0. The fourth-order valence-electron chi connectivity index (χ4n) is 4.81. The Hall–Kier alpha value is -3.15. The molecule has 0 fully saturated rings. The number of amides is 1. The van der Waals surface area contributed by atoms with Crippen LogP contribution in [0.1, 0.15) is 35.1 Å². The quantitative estimate of drug-likeness (QED) is 0.520. The van der Waals surface area contributed by atoms with E-state index in [2.05, 4.69) is 58.7 Å². The second-order valence-electron chi connectivity index (χ2n) is 9.00. The highest BCUT2D eigenvalue weighted by atomic mass is 16.5. The lowest BCUT2D eigenvalue weighted by atomic mass is 9.91. The van der Waals surface area contributed by atoms with Gasteiger partial charge in [-0.2, -0.15) is 0 Å². The smallest absolute Gasteiger partial charge is 0.407 e. The summed E-state index contributed by atoms with van der Waals surface area (Å²) in [6.07, 6.45) is 0.270. The SMILES string of the molecule is CCOC(=O)N[C@@H](Cc1ccccc1)[C@H](O)CN1Cc2ccccc2C[C@H](c2ccccc2)C1. The first kappa shape index (κ1) is 24.0. The Labute approximate surface area is 202 Å². The Bertz CT molecular complexity index is 1040. The van der Waals surface area contributed by atoms with Crippen molar-refractivity contribution < 1.29 is 14.6 Å². The maximum atomic E-state index is 12.2. The Balaban J connectivity index is 1.53. The number of aliphatic hydroxyl groups excluding tert-OH is 1. The molecule has 0 unspecified atom stereocenters. The van der Waals surface area contributed by atoms with Gasteiger partial charge in [0.25, 0.3) is 0 Å². The van der Waals surface area contributed by atoms with E-state index in [1.54, 1.807) is 6.92 Å². The molecular weight excluding hydrogens is 424 g/mol. The molecule has 5 heteroatoms. The molecule has 3 atom stereocenters. The normalized spacial score (nSPS) is 17.8. The predicted molar refractivity (Wildman–Crippen MR) is 135 cm³/mol. The van der Waals surface area contributed by atoms with Crippen LogP contribution in [-0.2, 0) is 24.1 Å². The molecule has 2 N–H and O–H groups in total. The van der Waals surface area contributed by atoms with Crippen molar-refractivity contribution in [1.82, 2.24) is 10.2 Å². The van der Waals surface area contributed by atoms with Gasteiger partial charge in [-0.1, -0.05) is 84.9 Å². The van der Waals surface area contributed by atoms with Gasteiger partial charge in [0, 0.05) is 25.6 Å². The number of carbonyl (C=O) groups excluding carboxylic acids is 1. The van der Waals surface area contributed by atoms with Gasteiger partial charge in [-0.15, -0.1) is 0 Å². The minimum Gasteiger partial charge on any atom is -0.450 e. The maximum absolute atomic E-state index is 12.2. The van der Waals surface area contributed by atoms with Gasteiger partial charge in [0.1, 0.15) is 0 Å². The van der Waals surface area contributed by atoms with Crippen LogP contribution in [0, 0.1) is 0 Å². The van der Waals surface area contributed by atoms with Crippen LogP contribution < -0.4 is 5.32 Å². The monoisotopic (exact) mass is 458 g/mol. The number of aliphatic hydroxyl groups is 1. The van der Waals surface area contributed by atoms with Crippen molar-refractivity contribution in [2.75, 3.05) is 19.7 Å². The van der Waals surface area contributed by atoms with Crippen molar-refractivity contribution in [3.05, 3.63) is 107 Å². The van der Waals surface area contributed by atoms with E-state index in [-0.39, 0.29) is 0 Å². The van der Waals surface area contributed by atoms with E-state index in [9.17, 15) is 9.90 Å². The van der Waals surface area contributed by atoms with E-state index >= 15 is 0 Å². The first-order chi connectivity index (χ1) is 16.6. The minimum atomic E-state index is -0.744. The molecule has 3 aromatic rings. The van der Waals surface area contributed by atoms with Gasteiger partial charge in [-0.05, 0) is 42.0 Å². The number of carbonyl (C=O) groups is 1. The van der Waals surface area contributed by atoms with Crippen LogP contribution in [0.4, 0.5) is 4.79 Å². The number of β-amino-alcohol motifs (C(OH)–C–C–N with tert-alkyl or cyclic N) is 1. The zero-order chi connectivity index (χ0) is 23.8. The lowest BCUT2D eigenvalue weighted by Crippen LogP contribution is -2.50. The predicted octanol–water partition coefficient (Wildman–Crippen LogP) is 4.55. The molecule has 1 heterocycles. The number of nitrogens with one attached hydrogen (secondary N) is 1. The second kappa shape index (κ2) is 11.8. The zero-order valence-electron chi connectivity index (χ0n) is 19.8. The highest BCUT2D eigenvalue weighted by molar-refractivity contribution is 5.67. The Morgan fingerprint density at radius 1 is 1.00 bits per heavy atom. The maximum Gasteiger partial charge on any atom is 0.407 e. The van der Waals surface area contributed by atoms with E-state index in [1.807, 2.05) is 36.4 Å². The summed E-state index contributed by atoms with van der Waals surface area (Å²) in [5.41, 5.74) is 5.03. The molecule has 0 spiro atoms. The number of fused-ring (bicyclic) bond motifs is 1. The Morgan fingerprint density at radius 3 is 2.35 bits per heavy atom. The first-order valence-electron chi connectivity index (χ1n) is 12.1. The summed E-state index contributed by atoms with van der Waals surface area (Å²) < 4.78 is 5.12. The number of nitrogens with zero attached hydrogens (tertiary/aromatic N) is 1. The standard InChI is InChI=1S/C29H34N2O3/c1-2-34-29(33)30-27(17-22-11-5-3-6-12-22)28(32)21-31-19-25-16-10-9-15-24(25)18-26(20-31)23-13-7-4-8-14-23/h3-16,26-28,32H,2,17-21H2,1H3,(H,30,33)/t26-,27-,28+/m0/s1. The Morgan fingerprint density at radius 2 is 1.65 bits per heavy atom. The van der Waals surface area contributed by atoms with E-state index < -0.39 is 18.2 Å². The van der Waals surface area contributed by atoms with Gasteiger partial charge in [-0.25, -0.2) is 4.79 Å². The number of benzene rings is 3. The molecule has 178 valence electrons. The first-order valence-corrected chi connectivity index (χ1v) is 12.1. The number of ether oxygens (including phenoxy) is 1. The van der Waals surface area contributed by atoms with E-state index in [4.69, 9.17) is 4.74 Å². The lowest BCUT2D eigenvalue weighted by Gasteiger charge is -2.31. The summed E-state index contributed by atoms with van der Waals surface area (Å²) in [6, 6.07) is 28.7. The third-order valence-corrected chi connectivity index (χ3v) is 6.52. The number of hydrogen-bond acceptors (Lipinski definition) is 4. The van der Waals surface area contributed by atoms with Crippen molar-refractivity contribution in [1.29, 1.82) is 0 Å². The number of rotatable bonds is 8. The van der Waals surface area contributed by atoms with Crippen molar-refractivity contribution in [3.63, 3.8) is 0 Å². The summed E-state index contributed by atoms with van der Waals surface area (Å²) in [5, 5.41) is 14.2. The van der Waals surface area contributed by atoms with Crippen LogP contribution in [0.15, 0.2) is 84.9 Å². The van der Waals surface area contributed by atoms with Gasteiger partial charge in [0.2, 0.25) is 0 Å². The molecule has 0 bridgehead atoms. The third kappa shape index (κ3) is 6.46. The zero-order valence-corrected chi connectivity index (χ0v) is 19.8. The molecule has 0 aromatic heterocycles. The van der Waals surface area contributed by atoms with Crippen LogP contribution in [0.5, 0.6) is 0 Å². The third-order valence-electron chi connectivity index (χ3n) is 6.52. The molecule has 4 rings (SSSR count). The van der Waals surface area contributed by atoms with Gasteiger partial charge < -0.3 is 15.2 Å². The molecule has 0 aliphatic carbocycles. The van der Waals surface area contributed by atoms with E-state index in [1.165, 1.54) is 16.7 Å². The van der Waals surface area contributed by atoms with Crippen LogP contribution >= 0.6 is 0 Å². The molecule has 0 saturated carbocycles. The van der Waals surface area contributed by atoms with Gasteiger partial charge in [0.05, 0.1) is 18.8 Å². The van der Waals surface area contributed by atoms with Crippen molar-refractivity contribution in [2.24, 2.45) is 0 Å². The summed E-state index contributed by atoms with van der Waals surface area (Å²) in [4.78, 5) is 14.6. The molecule has 0 saturated heterocycles. The van der Waals surface area contributed by atoms with E-state index in [0.29, 0.717) is 25.5 Å².